The van der Waals surface area contributed by atoms with Crippen LogP contribution in [0.4, 0.5) is 4.39 Å². The molecule has 0 unspecified atom stereocenters. The molecule has 0 saturated carbocycles. The van der Waals surface area contributed by atoms with Crippen LogP contribution in [0.2, 0.25) is 0 Å². The molecule has 0 aliphatic rings. The largest absolute Gasteiger partial charge is 0.356 e. The van der Waals surface area contributed by atoms with Gasteiger partial charge in [-0.2, -0.15) is 0 Å². The van der Waals surface area contributed by atoms with Gasteiger partial charge in [-0.05, 0) is 55.2 Å². The molecule has 1 amide bonds. The highest BCUT2D eigenvalue weighted by Crippen LogP contribution is 2.27. The Morgan fingerprint density at radius 1 is 1.25 bits per heavy atom. The summed E-state index contributed by atoms with van der Waals surface area (Å²) in [7, 11) is 1.65. The molecule has 0 atom stereocenters. The summed E-state index contributed by atoms with van der Waals surface area (Å²) in [4.78, 5) is 19.4. The van der Waals surface area contributed by atoms with Crippen LogP contribution in [0.5, 0.6) is 0 Å². The van der Waals surface area contributed by atoms with Crippen molar-refractivity contribution in [1.29, 1.82) is 0 Å². The van der Waals surface area contributed by atoms with E-state index in [-0.39, 0.29) is 11.7 Å². The second-order valence-electron chi connectivity index (χ2n) is 7.06. The first-order valence-corrected chi connectivity index (χ1v) is 10.0. The number of nitrogens with zero attached hydrogens (tertiary/aromatic N) is 1. The summed E-state index contributed by atoms with van der Waals surface area (Å²) in [5, 5.41) is 3.79. The van der Waals surface area contributed by atoms with Gasteiger partial charge < -0.3 is 15.7 Å². The van der Waals surface area contributed by atoms with Gasteiger partial charge in [0.2, 0.25) is 5.91 Å². The quantitative estimate of drug-likeness (QED) is 0.120. The van der Waals surface area contributed by atoms with Crippen molar-refractivity contribution in [2.75, 3.05) is 13.6 Å². The fraction of sp³-hybridized carbons (Fsp3) is 0.200. The van der Waals surface area contributed by atoms with Crippen molar-refractivity contribution in [3.63, 3.8) is 0 Å². The summed E-state index contributed by atoms with van der Waals surface area (Å²) in [6.45, 7) is 4.34. The van der Waals surface area contributed by atoms with Gasteiger partial charge in [0, 0.05) is 36.3 Å². The molecule has 0 fully saturated rings. The smallest absolute Gasteiger partial charge is 0.244 e. The minimum absolute atomic E-state index is 0.192. The highest BCUT2D eigenvalue weighted by molar-refractivity contribution is 5.99. The van der Waals surface area contributed by atoms with Crippen LogP contribution < -0.4 is 16.6 Å². The molecule has 7 heteroatoms. The van der Waals surface area contributed by atoms with Crippen molar-refractivity contribution in [3.8, 4) is 12.8 Å². The van der Waals surface area contributed by atoms with E-state index in [9.17, 15) is 9.18 Å². The third-order valence-corrected chi connectivity index (χ3v) is 5.05. The number of carbonyl (C=O) groups excluding carboxylic acids is 1. The van der Waals surface area contributed by atoms with Gasteiger partial charge in [-0.3, -0.25) is 9.79 Å². The number of amidine groups is 1. The number of nitrogens with two attached hydrogens (primary N) is 1. The molecule has 1 aromatic heterocycles. The highest BCUT2D eigenvalue weighted by atomic mass is 19.1. The van der Waals surface area contributed by atoms with E-state index in [0.717, 1.165) is 33.3 Å². The van der Waals surface area contributed by atoms with E-state index in [1.165, 1.54) is 12.1 Å². The lowest BCUT2D eigenvalue weighted by atomic mass is 10.0. The monoisotopic (exact) mass is 433 g/mol. The average Bonchev–Trinajstić information content (AvgIpc) is 3.15. The third-order valence-electron chi connectivity index (χ3n) is 5.05. The summed E-state index contributed by atoms with van der Waals surface area (Å²) < 4.78 is 14.1. The SMILES string of the molecule is C#C.CN=C(NN)c1cccc(/C=C/C(=O)NCCc2c(C)[nH]c3c(F)ccc(C)c23)c1. The lowest BCUT2D eigenvalue weighted by Gasteiger charge is -2.06. The molecule has 0 spiro atoms. The number of aromatic amines is 1. The number of nitrogens with one attached hydrogen (secondary N) is 3. The number of halogens is 1. The molecule has 32 heavy (non-hydrogen) atoms. The zero-order valence-corrected chi connectivity index (χ0v) is 18.5. The molecule has 1 heterocycles. The highest BCUT2D eigenvalue weighted by Gasteiger charge is 2.13. The van der Waals surface area contributed by atoms with Crippen molar-refractivity contribution >= 4 is 28.7 Å². The van der Waals surface area contributed by atoms with E-state index in [0.29, 0.717) is 24.3 Å². The number of hydrogen-bond donors (Lipinski definition) is 4. The maximum absolute atomic E-state index is 14.1. The Hall–Kier alpha value is -3.89. The topological polar surface area (TPSA) is 95.3 Å². The second-order valence-corrected chi connectivity index (χ2v) is 7.06. The van der Waals surface area contributed by atoms with E-state index in [4.69, 9.17) is 5.84 Å². The third kappa shape index (κ3) is 5.62. The molecule has 0 aliphatic heterocycles. The first kappa shape index (κ1) is 24.4. The minimum Gasteiger partial charge on any atom is -0.356 e. The fourth-order valence-electron chi connectivity index (χ4n) is 3.56. The zero-order chi connectivity index (χ0) is 23.7. The molecule has 0 radical (unpaired) electrons. The van der Waals surface area contributed by atoms with E-state index in [1.807, 2.05) is 38.1 Å². The van der Waals surface area contributed by atoms with Gasteiger partial charge in [-0.15, -0.1) is 12.8 Å². The molecule has 0 bridgehead atoms. The van der Waals surface area contributed by atoms with Gasteiger partial charge in [-0.1, -0.05) is 24.3 Å². The van der Waals surface area contributed by atoms with Gasteiger partial charge >= 0.3 is 0 Å². The molecule has 5 N–H and O–H groups in total. The number of carbonyl (C=O) groups is 1. The lowest BCUT2D eigenvalue weighted by Crippen LogP contribution is -2.30. The Morgan fingerprint density at radius 3 is 2.69 bits per heavy atom. The van der Waals surface area contributed by atoms with E-state index in [2.05, 4.69) is 33.6 Å². The average molecular weight is 434 g/mol. The van der Waals surface area contributed by atoms with Crippen molar-refractivity contribution in [2.24, 2.45) is 10.8 Å². The molecule has 3 aromatic rings. The minimum atomic E-state index is -0.264. The number of aromatic nitrogens is 1. The van der Waals surface area contributed by atoms with Crippen LogP contribution in [0.1, 0.15) is 27.9 Å². The molecular formula is C25H28FN5O. The molecular weight excluding hydrogens is 405 g/mol. The molecule has 166 valence electrons. The number of aliphatic imine (C=N–C) groups is 1. The summed E-state index contributed by atoms with van der Waals surface area (Å²) in [5.74, 6) is 5.57. The summed E-state index contributed by atoms with van der Waals surface area (Å²) in [6.07, 6.45) is 11.8. The normalized spacial score (nSPS) is 11.3. The first-order chi connectivity index (χ1) is 15.4. The molecule has 0 saturated heterocycles. The van der Waals surface area contributed by atoms with Crippen molar-refractivity contribution in [2.45, 2.75) is 20.3 Å². The Morgan fingerprint density at radius 2 is 2.00 bits per heavy atom. The number of benzene rings is 2. The van der Waals surface area contributed by atoms with Gasteiger partial charge in [-0.25, -0.2) is 10.2 Å². The van der Waals surface area contributed by atoms with Gasteiger partial charge in [0.25, 0.3) is 0 Å². The van der Waals surface area contributed by atoms with Crippen LogP contribution >= 0.6 is 0 Å². The fourth-order valence-corrected chi connectivity index (χ4v) is 3.56. The number of fused-ring (bicyclic) bond motifs is 1. The van der Waals surface area contributed by atoms with Crippen molar-refractivity contribution in [1.82, 2.24) is 15.7 Å². The molecule has 6 nitrogen and oxygen atoms in total. The van der Waals surface area contributed by atoms with Crippen molar-refractivity contribution < 1.29 is 9.18 Å². The first-order valence-electron chi connectivity index (χ1n) is 10.0. The number of aryl methyl sites for hydroxylation is 2. The standard InChI is InChI=1S/C23H26FN5O.C2H2/c1-14-7-9-19(24)22-21(14)18(15(2)28-22)11-12-27-20(30)10-8-16-5-4-6-17(13-16)23(26-3)29-25;1-2/h4-10,13,28H,11-12,25H2,1-3H3,(H,26,29)(H,27,30);1-2H/b10-8+;. The Labute approximate surface area is 187 Å². The predicted molar refractivity (Wildman–Crippen MR) is 130 cm³/mol. The van der Waals surface area contributed by atoms with Crippen LogP contribution in [0.3, 0.4) is 0 Å². The van der Waals surface area contributed by atoms with Gasteiger partial charge in [0.15, 0.2) is 0 Å². The maximum Gasteiger partial charge on any atom is 0.244 e. The molecule has 2 aromatic carbocycles. The van der Waals surface area contributed by atoms with E-state index < -0.39 is 0 Å². The van der Waals surface area contributed by atoms with E-state index >= 15 is 0 Å². The zero-order valence-electron chi connectivity index (χ0n) is 18.5. The van der Waals surface area contributed by atoms with Crippen LogP contribution in [0, 0.1) is 32.5 Å². The molecule has 0 aliphatic carbocycles. The maximum atomic E-state index is 14.1. The van der Waals surface area contributed by atoms with Crippen LogP contribution in [-0.2, 0) is 11.2 Å². The predicted octanol–water partition coefficient (Wildman–Crippen LogP) is 3.39. The van der Waals surface area contributed by atoms with Gasteiger partial charge in [0.1, 0.15) is 11.7 Å². The number of hydrazine groups is 1. The number of rotatable bonds is 6. The summed E-state index contributed by atoms with van der Waals surface area (Å²) in [6, 6.07) is 10.8. The number of terminal acetylenes is 1. The Bertz CT molecular complexity index is 1170. The van der Waals surface area contributed by atoms with E-state index in [1.54, 1.807) is 19.2 Å². The number of amides is 1. The molecule has 3 rings (SSSR count). The summed E-state index contributed by atoms with van der Waals surface area (Å²) >= 11 is 0. The second kappa shape index (κ2) is 11.5. The van der Waals surface area contributed by atoms with Gasteiger partial charge in [0.05, 0.1) is 5.52 Å². The number of hydrogen-bond acceptors (Lipinski definition) is 3. The van der Waals surface area contributed by atoms with Crippen LogP contribution in [0.25, 0.3) is 17.0 Å². The lowest BCUT2D eigenvalue weighted by molar-refractivity contribution is -0.116. The van der Waals surface area contributed by atoms with Crippen LogP contribution in [-0.4, -0.2) is 30.3 Å². The van der Waals surface area contributed by atoms with Crippen LogP contribution in [0.15, 0.2) is 47.5 Å². The summed E-state index contributed by atoms with van der Waals surface area (Å²) in [5.41, 5.74) is 7.72. The van der Waals surface area contributed by atoms with Crippen molar-refractivity contribution in [3.05, 3.63) is 76.2 Å². The number of H-pyrrole nitrogens is 1. The Kier molecular flexibility index (Phi) is 8.75. The Balaban J connectivity index is 0.00000176.